The molecular weight excluding hydrogens is 336 g/mol. The van der Waals surface area contributed by atoms with Crippen molar-refractivity contribution < 1.29 is 15.0 Å². The highest BCUT2D eigenvalue weighted by Gasteiger charge is 2.32. The summed E-state index contributed by atoms with van der Waals surface area (Å²) in [5.41, 5.74) is 2.59. The lowest BCUT2D eigenvalue weighted by atomic mass is 9.75. The summed E-state index contributed by atoms with van der Waals surface area (Å²) in [7, 11) is 0. The van der Waals surface area contributed by atoms with Crippen molar-refractivity contribution in [3.8, 4) is 11.5 Å². The van der Waals surface area contributed by atoms with E-state index in [0.717, 1.165) is 67.1 Å². The van der Waals surface area contributed by atoms with Crippen LogP contribution in [0.1, 0.15) is 87.3 Å². The second-order valence-corrected chi connectivity index (χ2v) is 9.20. The number of aryl methyl sites for hydroxylation is 1. The molecule has 3 heteroatoms. The molecule has 0 bridgehead atoms. The molecule has 1 aromatic carbocycles. The van der Waals surface area contributed by atoms with E-state index in [2.05, 4.69) is 0 Å². The Morgan fingerprint density at radius 1 is 0.889 bits per heavy atom. The SMILES string of the molecule is O=C(CCc1cc(O)c2c(c1O)CCCC2)C1CCCC2CCCCC2C1. The zero-order valence-corrected chi connectivity index (χ0v) is 16.5. The molecule has 2 N–H and O–H groups in total. The standard InChI is InChI=1S/C24H34O3/c25-22(18-9-5-8-16-6-1-2-7-17(16)14-18)13-12-19-15-23(26)20-10-3-4-11-21(20)24(19)27/h15-18,26-27H,1-14H2. The fourth-order valence-corrected chi connectivity index (χ4v) is 5.99. The van der Waals surface area contributed by atoms with Crippen LogP contribution in [0.2, 0.25) is 0 Å². The van der Waals surface area contributed by atoms with Crippen molar-refractivity contribution in [3.63, 3.8) is 0 Å². The summed E-state index contributed by atoms with van der Waals surface area (Å²) in [6.07, 6.45) is 14.9. The largest absolute Gasteiger partial charge is 0.508 e. The van der Waals surface area contributed by atoms with Crippen molar-refractivity contribution in [2.75, 3.05) is 0 Å². The lowest BCUT2D eigenvalue weighted by molar-refractivity contribution is -0.123. The second kappa shape index (κ2) is 8.24. The predicted molar refractivity (Wildman–Crippen MR) is 107 cm³/mol. The van der Waals surface area contributed by atoms with Crippen LogP contribution in [0.5, 0.6) is 11.5 Å². The Morgan fingerprint density at radius 2 is 1.59 bits per heavy atom. The van der Waals surface area contributed by atoms with Crippen LogP contribution in [0.15, 0.2) is 6.07 Å². The number of hydrogen-bond acceptors (Lipinski definition) is 3. The van der Waals surface area contributed by atoms with Gasteiger partial charge < -0.3 is 10.2 Å². The molecule has 0 aliphatic heterocycles. The van der Waals surface area contributed by atoms with Crippen LogP contribution in [0, 0.1) is 17.8 Å². The first-order valence-electron chi connectivity index (χ1n) is 11.2. The van der Waals surface area contributed by atoms with Crippen LogP contribution in [0.25, 0.3) is 0 Å². The van der Waals surface area contributed by atoms with Gasteiger partial charge in [0.15, 0.2) is 0 Å². The maximum absolute atomic E-state index is 12.9. The molecule has 148 valence electrons. The Kier molecular flexibility index (Phi) is 5.75. The number of ketones is 1. The number of hydrogen-bond donors (Lipinski definition) is 2. The highest BCUT2D eigenvalue weighted by Crippen LogP contribution is 2.42. The van der Waals surface area contributed by atoms with Gasteiger partial charge in [0.05, 0.1) is 0 Å². The van der Waals surface area contributed by atoms with Gasteiger partial charge in [-0.15, -0.1) is 0 Å². The normalized spacial score (nSPS) is 28.1. The number of phenols is 2. The number of benzene rings is 1. The molecule has 4 rings (SSSR count). The van der Waals surface area contributed by atoms with E-state index in [1.807, 2.05) is 0 Å². The Labute approximate surface area is 163 Å². The van der Waals surface area contributed by atoms with E-state index >= 15 is 0 Å². The zero-order valence-electron chi connectivity index (χ0n) is 16.5. The summed E-state index contributed by atoms with van der Waals surface area (Å²) in [5, 5.41) is 21.0. The van der Waals surface area contributed by atoms with E-state index in [9.17, 15) is 15.0 Å². The average Bonchev–Trinajstić information content (AvgIpc) is 2.92. The van der Waals surface area contributed by atoms with E-state index in [4.69, 9.17) is 0 Å². The van der Waals surface area contributed by atoms with Crippen molar-refractivity contribution in [1.29, 1.82) is 0 Å². The van der Waals surface area contributed by atoms with Gasteiger partial charge in [-0.2, -0.15) is 0 Å². The van der Waals surface area contributed by atoms with Crippen LogP contribution < -0.4 is 0 Å². The fourth-order valence-electron chi connectivity index (χ4n) is 5.99. The van der Waals surface area contributed by atoms with Crippen LogP contribution in [0.3, 0.4) is 0 Å². The molecule has 2 fully saturated rings. The first-order chi connectivity index (χ1) is 13.1. The minimum atomic E-state index is 0.214. The average molecular weight is 371 g/mol. The number of fused-ring (bicyclic) bond motifs is 2. The molecule has 2 saturated carbocycles. The highest BCUT2D eigenvalue weighted by atomic mass is 16.3. The van der Waals surface area contributed by atoms with E-state index in [0.29, 0.717) is 30.1 Å². The molecular formula is C24H34O3. The van der Waals surface area contributed by atoms with Gasteiger partial charge in [-0.25, -0.2) is 0 Å². The third kappa shape index (κ3) is 4.02. The Morgan fingerprint density at radius 3 is 2.41 bits per heavy atom. The monoisotopic (exact) mass is 370 g/mol. The van der Waals surface area contributed by atoms with E-state index < -0.39 is 0 Å². The van der Waals surface area contributed by atoms with Gasteiger partial charge in [-0.05, 0) is 68.4 Å². The van der Waals surface area contributed by atoms with Crippen LogP contribution >= 0.6 is 0 Å². The molecule has 3 aliphatic carbocycles. The quantitative estimate of drug-likeness (QED) is 0.691. The summed E-state index contributed by atoms with van der Waals surface area (Å²) in [5.74, 6) is 2.85. The molecule has 0 amide bonds. The van der Waals surface area contributed by atoms with Gasteiger partial charge in [-0.1, -0.05) is 38.5 Å². The number of rotatable bonds is 4. The predicted octanol–water partition coefficient (Wildman–Crippen LogP) is 5.47. The molecule has 3 nitrogen and oxygen atoms in total. The van der Waals surface area contributed by atoms with Crippen molar-refractivity contribution in [3.05, 3.63) is 22.8 Å². The minimum Gasteiger partial charge on any atom is -0.508 e. The molecule has 0 heterocycles. The van der Waals surface area contributed by atoms with Gasteiger partial charge in [0.25, 0.3) is 0 Å². The summed E-state index contributed by atoms with van der Waals surface area (Å²) < 4.78 is 0. The van der Waals surface area contributed by atoms with Gasteiger partial charge in [0.2, 0.25) is 0 Å². The zero-order chi connectivity index (χ0) is 18.8. The van der Waals surface area contributed by atoms with Crippen LogP contribution in [-0.2, 0) is 24.1 Å². The van der Waals surface area contributed by atoms with Crippen molar-refractivity contribution >= 4 is 5.78 Å². The first kappa shape index (κ1) is 18.8. The maximum Gasteiger partial charge on any atom is 0.136 e. The van der Waals surface area contributed by atoms with Crippen molar-refractivity contribution in [1.82, 2.24) is 0 Å². The van der Waals surface area contributed by atoms with Crippen LogP contribution in [0.4, 0.5) is 0 Å². The molecule has 0 saturated heterocycles. The summed E-state index contributed by atoms with van der Waals surface area (Å²) >= 11 is 0. The second-order valence-electron chi connectivity index (χ2n) is 9.20. The third-order valence-electron chi connectivity index (χ3n) is 7.56. The Bertz CT molecular complexity index is 693. The summed E-state index contributed by atoms with van der Waals surface area (Å²) in [6, 6.07) is 1.71. The molecule has 3 unspecified atom stereocenters. The molecule has 0 aromatic heterocycles. The van der Waals surface area contributed by atoms with Gasteiger partial charge in [0, 0.05) is 23.5 Å². The summed E-state index contributed by atoms with van der Waals surface area (Å²) in [6.45, 7) is 0. The molecule has 27 heavy (non-hydrogen) atoms. The maximum atomic E-state index is 12.9. The smallest absolute Gasteiger partial charge is 0.136 e. The number of carbonyl (C=O) groups is 1. The Balaban J connectivity index is 1.41. The Hall–Kier alpha value is -1.51. The molecule has 3 atom stereocenters. The first-order valence-corrected chi connectivity index (χ1v) is 11.2. The lowest BCUT2D eigenvalue weighted by Crippen LogP contribution is -2.23. The number of Topliss-reactive ketones (excluding diaryl/α,β-unsaturated/α-hetero) is 1. The highest BCUT2D eigenvalue weighted by molar-refractivity contribution is 5.81. The van der Waals surface area contributed by atoms with Crippen molar-refractivity contribution in [2.45, 2.75) is 89.9 Å². The molecule has 1 aromatic rings. The topological polar surface area (TPSA) is 57.5 Å². The van der Waals surface area contributed by atoms with Crippen molar-refractivity contribution in [2.24, 2.45) is 17.8 Å². The number of aromatic hydroxyl groups is 2. The molecule has 0 radical (unpaired) electrons. The summed E-state index contributed by atoms with van der Waals surface area (Å²) in [4.78, 5) is 12.9. The molecule has 3 aliphatic rings. The third-order valence-corrected chi connectivity index (χ3v) is 7.56. The van der Waals surface area contributed by atoms with Crippen LogP contribution in [-0.4, -0.2) is 16.0 Å². The fraction of sp³-hybridized carbons (Fsp3) is 0.708. The molecule has 0 spiro atoms. The van der Waals surface area contributed by atoms with E-state index in [-0.39, 0.29) is 5.92 Å². The van der Waals surface area contributed by atoms with E-state index in [1.165, 1.54) is 38.5 Å². The lowest BCUT2D eigenvalue weighted by Gasteiger charge is -2.30. The minimum absolute atomic E-state index is 0.214. The number of phenolic OH excluding ortho intramolecular Hbond substituents is 2. The van der Waals surface area contributed by atoms with Gasteiger partial charge in [0.1, 0.15) is 17.3 Å². The van der Waals surface area contributed by atoms with Gasteiger partial charge in [-0.3, -0.25) is 4.79 Å². The number of carbonyl (C=O) groups excluding carboxylic acids is 1. The van der Waals surface area contributed by atoms with Gasteiger partial charge >= 0.3 is 0 Å². The van der Waals surface area contributed by atoms with E-state index in [1.54, 1.807) is 6.07 Å².